The van der Waals surface area contributed by atoms with Crippen molar-refractivity contribution in [3.63, 3.8) is 0 Å². The molecule has 1 aliphatic heterocycles. The number of nitrogens with one attached hydrogen (secondary N) is 1. The molecule has 0 spiro atoms. The predicted molar refractivity (Wildman–Crippen MR) is 116 cm³/mol. The summed E-state index contributed by atoms with van der Waals surface area (Å²) in [5.41, 5.74) is 4.85. The Morgan fingerprint density at radius 2 is 1.89 bits per heavy atom. The fourth-order valence-corrected chi connectivity index (χ4v) is 6.63. The molecule has 0 saturated carbocycles. The maximum Gasteiger partial charge on any atom is 0.490 e. The number of carbonyl (C=O) groups is 1. The number of carbonyl (C=O) groups excluding carboxylic acids is 1. The number of aromatic amines is 1. The first kappa shape index (κ1) is 28.6. The Bertz CT molecular complexity index is 1340. The van der Waals surface area contributed by atoms with E-state index in [0.717, 1.165) is 6.92 Å². The monoisotopic (exact) mass is 577 g/mol. The van der Waals surface area contributed by atoms with E-state index in [1.807, 2.05) is 0 Å². The van der Waals surface area contributed by atoms with E-state index in [1.165, 1.54) is 10.9 Å². The third-order valence-electron chi connectivity index (χ3n) is 4.81. The zero-order valence-electron chi connectivity index (χ0n) is 18.4. The molecule has 3 rings (SSSR count). The zero-order valence-corrected chi connectivity index (χ0v) is 21.1. The van der Waals surface area contributed by atoms with E-state index in [1.54, 1.807) is 6.92 Å². The molecule has 6 atom stereocenters. The van der Waals surface area contributed by atoms with E-state index >= 15 is 0 Å². The van der Waals surface area contributed by atoms with Crippen molar-refractivity contribution >= 4 is 46.5 Å². The van der Waals surface area contributed by atoms with Gasteiger partial charge in [-0.1, -0.05) is 6.92 Å². The van der Waals surface area contributed by atoms with Crippen molar-refractivity contribution in [2.75, 3.05) is 12.3 Å². The van der Waals surface area contributed by atoms with Crippen LogP contribution >= 0.6 is 23.5 Å². The molecule has 7 N–H and O–H groups in total. The topological polar surface area (TPSA) is 285 Å². The molecule has 2 aromatic heterocycles. The van der Waals surface area contributed by atoms with Crippen LogP contribution in [0.15, 0.2) is 11.1 Å². The number of nitrogens with zero attached hydrogens (tertiary/aromatic N) is 3. The lowest BCUT2D eigenvalue weighted by Crippen LogP contribution is -2.32. The van der Waals surface area contributed by atoms with Crippen LogP contribution in [0.2, 0.25) is 0 Å². The summed E-state index contributed by atoms with van der Waals surface area (Å²) in [6.45, 7) is 2.03. The molecule has 2 aromatic rings. The van der Waals surface area contributed by atoms with E-state index in [9.17, 15) is 33.1 Å². The van der Waals surface area contributed by atoms with Gasteiger partial charge < -0.3 is 34.8 Å². The summed E-state index contributed by atoms with van der Waals surface area (Å²) in [6.07, 6.45) is -1.85. The molecule has 0 amide bonds. The lowest BCUT2D eigenvalue weighted by atomic mass is 9.95. The Morgan fingerprint density at radius 1 is 1.22 bits per heavy atom. The molecular formula is C14H22N5O14P3. The minimum Gasteiger partial charge on any atom is -0.457 e. The number of H-pyrrole nitrogens is 1. The lowest BCUT2D eigenvalue weighted by Gasteiger charge is -2.23. The number of hydrogen-bond acceptors (Lipinski definition) is 13. The fraction of sp³-hybridized carbons (Fsp3) is 0.571. The van der Waals surface area contributed by atoms with Crippen molar-refractivity contribution in [2.45, 2.75) is 38.7 Å². The minimum absolute atomic E-state index is 0.0122. The number of phosphoric acid groups is 3. The Balaban J connectivity index is 1.86. The summed E-state index contributed by atoms with van der Waals surface area (Å²) < 4.78 is 59.0. The summed E-state index contributed by atoms with van der Waals surface area (Å²) in [5, 5.41) is 0. The number of nitrogens with two attached hydrogens (primary N) is 1. The summed E-state index contributed by atoms with van der Waals surface area (Å²) in [6, 6.07) is 0. The Hall–Kier alpha value is -2.01. The van der Waals surface area contributed by atoms with Gasteiger partial charge in [0, 0.05) is 12.8 Å². The lowest BCUT2D eigenvalue weighted by molar-refractivity contribution is -0.153. The molecule has 36 heavy (non-hydrogen) atoms. The molecule has 0 radical (unpaired) electrons. The van der Waals surface area contributed by atoms with Gasteiger partial charge in [0.15, 0.2) is 23.5 Å². The first-order chi connectivity index (χ1) is 16.5. The number of imidazole rings is 1. The molecule has 0 aromatic carbocycles. The molecule has 3 heterocycles. The molecule has 1 aliphatic rings. The number of nitrogen functional groups attached to an aromatic ring is 1. The number of phosphoric ester groups is 1. The van der Waals surface area contributed by atoms with Crippen LogP contribution in [0, 0.1) is 5.92 Å². The number of ether oxygens (including phenoxy) is 2. The number of rotatable bonds is 10. The normalized spacial score (nSPS) is 25.9. The predicted octanol–water partition coefficient (Wildman–Crippen LogP) is -0.0996. The molecule has 0 bridgehead atoms. The van der Waals surface area contributed by atoms with Crippen molar-refractivity contribution in [1.29, 1.82) is 0 Å². The molecule has 0 aliphatic carbocycles. The van der Waals surface area contributed by atoms with Gasteiger partial charge >= 0.3 is 29.4 Å². The van der Waals surface area contributed by atoms with E-state index < -0.39 is 66.0 Å². The molecule has 22 heteroatoms. The third kappa shape index (κ3) is 6.85. The highest BCUT2D eigenvalue weighted by Gasteiger charge is 2.49. The molecule has 2 unspecified atom stereocenters. The van der Waals surface area contributed by atoms with E-state index in [2.05, 4.69) is 28.1 Å². The van der Waals surface area contributed by atoms with Gasteiger partial charge in [0.25, 0.3) is 5.56 Å². The Labute approximate surface area is 201 Å². The number of aromatic nitrogens is 4. The van der Waals surface area contributed by atoms with Gasteiger partial charge in [-0.05, 0) is 6.42 Å². The van der Waals surface area contributed by atoms with Crippen LogP contribution in [0.1, 0.15) is 26.5 Å². The molecule has 19 nitrogen and oxygen atoms in total. The summed E-state index contributed by atoms with van der Waals surface area (Å²) >= 11 is 0. The number of esters is 1. The maximum absolute atomic E-state index is 12.1. The second kappa shape index (κ2) is 10.4. The summed E-state index contributed by atoms with van der Waals surface area (Å²) in [7, 11) is -16.7. The quantitative estimate of drug-likeness (QED) is 0.159. The van der Waals surface area contributed by atoms with Crippen molar-refractivity contribution in [2.24, 2.45) is 5.92 Å². The Morgan fingerprint density at radius 3 is 2.47 bits per heavy atom. The Kier molecular flexibility index (Phi) is 8.25. The fourth-order valence-electron chi connectivity index (χ4n) is 3.60. The van der Waals surface area contributed by atoms with Gasteiger partial charge in [-0.15, -0.1) is 0 Å². The standard InChI is InChI=1S/C14H22N5O14P3/c1-3-7-8(4-29-35(25,26)33-36(27,28)32-34(22,23)24)31-13(10(7)30-6(2)20)19-5-16-9-11(19)17-14(15)18-12(9)21/h5,7-8,10,13H,3-4H2,1-2H3,(H,25,26)(H,27,28)(H2,22,23,24)(H3,15,17,18,21)/t7-,8-,10-,13-/m1/s1. The van der Waals surface area contributed by atoms with Crippen LogP contribution in [-0.2, 0) is 41.1 Å². The highest BCUT2D eigenvalue weighted by molar-refractivity contribution is 7.66. The van der Waals surface area contributed by atoms with Gasteiger partial charge in [-0.25, -0.2) is 18.7 Å². The van der Waals surface area contributed by atoms with E-state index in [4.69, 9.17) is 25.0 Å². The molecule has 202 valence electrons. The molecular weight excluding hydrogens is 555 g/mol. The van der Waals surface area contributed by atoms with Crippen LogP contribution in [0.5, 0.6) is 0 Å². The highest BCUT2D eigenvalue weighted by Crippen LogP contribution is 2.66. The largest absolute Gasteiger partial charge is 0.490 e. The zero-order chi connectivity index (χ0) is 27.1. The van der Waals surface area contributed by atoms with Crippen molar-refractivity contribution in [3.05, 3.63) is 16.7 Å². The third-order valence-corrected chi connectivity index (χ3v) is 8.61. The number of anilines is 1. The number of hydrogen-bond donors (Lipinski definition) is 6. The van der Waals surface area contributed by atoms with Crippen LogP contribution in [0.4, 0.5) is 5.95 Å². The average molecular weight is 577 g/mol. The van der Waals surface area contributed by atoms with Crippen LogP contribution in [0.3, 0.4) is 0 Å². The van der Waals surface area contributed by atoms with Crippen LogP contribution < -0.4 is 11.3 Å². The van der Waals surface area contributed by atoms with Crippen molar-refractivity contribution in [3.8, 4) is 0 Å². The van der Waals surface area contributed by atoms with Crippen molar-refractivity contribution in [1.82, 2.24) is 19.5 Å². The van der Waals surface area contributed by atoms with Crippen LogP contribution in [0.25, 0.3) is 11.2 Å². The van der Waals surface area contributed by atoms with Gasteiger partial charge in [-0.3, -0.25) is 23.7 Å². The van der Waals surface area contributed by atoms with Crippen molar-refractivity contribution < 1.29 is 60.7 Å². The second-order valence-electron chi connectivity index (χ2n) is 7.37. The van der Waals surface area contributed by atoms with E-state index in [0.29, 0.717) is 0 Å². The van der Waals surface area contributed by atoms with Crippen LogP contribution in [-0.4, -0.2) is 63.9 Å². The summed E-state index contributed by atoms with van der Waals surface area (Å²) in [5.74, 6) is -1.62. The average Bonchev–Trinajstić information content (AvgIpc) is 3.24. The number of fused-ring (bicyclic) bond motifs is 1. The first-order valence-corrected chi connectivity index (χ1v) is 14.4. The molecule has 1 saturated heterocycles. The maximum atomic E-state index is 12.1. The second-order valence-corrected chi connectivity index (χ2v) is 11.8. The van der Waals surface area contributed by atoms with E-state index in [-0.39, 0.29) is 23.5 Å². The van der Waals surface area contributed by atoms with Gasteiger partial charge in [0.2, 0.25) is 5.95 Å². The smallest absolute Gasteiger partial charge is 0.457 e. The highest BCUT2D eigenvalue weighted by atomic mass is 31.3. The van der Waals surface area contributed by atoms with Gasteiger partial charge in [0.05, 0.1) is 19.0 Å². The van der Waals surface area contributed by atoms with Gasteiger partial charge in [0.1, 0.15) is 0 Å². The minimum atomic E-state index is -5.72. The molecule has 1 fully saturated rings. The first-order valence-electron chi connectivity index (χ1n) is 9.85. The SMILES string of the molecule is CC[C@H]1[C@@H](OC(C)=O)[C@H](n2cnc3c(=O)[nH]c(N)nc32)O[C@@H]1COP(=O)(O)OP(=O)(O)OP(=O)(O)O. The summed E-state index contributed by atoms with van der Waals surface area (Å²) in [4.78, 5) is 70.4. The van der Waals surface area contributed by atoms with Gasteiger partial charge in [-0.2, -0.15) is 13.6 Å².